The van der Waals surface area contributed by atoms with Gasteiger partial charge in [-0.05, 0) is 18.6 Å². The molecular weight excluding hydrogens is 329 g/mol. The number of unbranched alkanes of at least 4 members (excludes halogenated alkanes) is 2. The second-order valence-electron chi connectivity index (χ2n) is 6.29. The zero-order chi connectivity index (χ0) is 17.3. The van der Waals surface area contributed by atoms with Crippen molar-refractivity contribution in [1.29, 1.82) is 0 Å². The minimum atomic E-state index is -1.41. The number of phenolic OH excluding ortho intramolecular Hbond substituents is 1. The minimum absolute atomic E-state index is 0.113. The van der Waals surface area contributed by atoms with Crippen molar-refractivity contribution in [2.75, 3.05) is 18.0 Å². The van der Waals surface area contributed by atoms with Crippen molar-refractivity contribution in [2.24, 2.45) is 0 Å². The van der Waals surface area contributed by atoms with Crippen LogP contribution in [0.25, 0.3) is 0 Å². The topological polar surface area (TPSA) is 43.7 Å². The van der Waals surface area contributed by atoms with Gasteiger partial charge >= 0.3 is 0 Å². The molecule has 0 fully saturated rings. The number of para-hydroxylation sites is 1. The van der Waals surface area contributed by atoms with Crippen molar-refractivity contribution in [3.05, 3.63) is 58.4 Å². The molecule has 0 saturated carbocycles. The maximum atomic E-state index is 13.6. The lowest BCUT2D eigenvalue weighted by Gasteiger charge is -2.26. The van der Waals surface area contributed by atoms with E-state index in [0.29, 0.717) is 12.1 Å². The molecule has 3 nitrogen and oxygen atoms in total. The van der Waals surface area contributed by atoms with E-state index in [9.17, 15) is 14.6 Å². The van der Waals surface area contributed by atoms with Gasteiger partial charge in [0.2, 0.25) is 0 Å². The molecule has 0 aromatic heterocycles. The van der Waals surface area contributed by atoms with Gasteiger partial charge in [-0.15, -0.1) is 0 Å². The van der Waals surface area contributed by atoms with Gasteiger partial charge in [0.25, 0.3) is 0 Å². The Morgan fingerprint density at radius 1 is 1.21 bits per heavy atom. The van der Waals surface area contributed by atoms with E-state index < -0.39 is 11.4 Å². The van der Waals surface area contributed by atoms with E-state index >= 15 is 0 Å². The third-order valence-corrected chi connectivity index (χ3v) is 4.92. The zero-order valence-corrected chi connectivity index (χ0v) is 14.4. The number of hydrogen-bond acceptors (Lipinski definition) is 3. The number of benzene rings is 2. The van der Waals surface area contributed by atoms with E-state index in [0.717, 1.165) is 37.6 Å². The molecule has 2 aromatic rings. The average Bonchev–Trinajstić information content (AvgIpc) is 2.85. The molecule has 0 amide bonds. The molecule has 0 saturated heterocycles. The van der Waals surface area contributed by atoms with Gasteiger partial charge in [-0.1, -0.05) is 49.6 Å². The molecule has 1 heterocycles. The second-order valence-corrected chi connectivity index (χ2v) is 6.70. The first kappa shape index (κ1) is 17.1. The first-order chi connectivity index (χ1) is 11.5. The lowest BCUT2D eigenvalue weighted by atomic mass is 9.87. The number of nitrogens with zero attached hydrogens (tertiary/aromatic N) is 1. The summed E-state index contributed by atoms with van der Waals surface area (Å²) >= 11 is 5.88. The van der Waals surface area contributed by atoms with Gasteiger partial charge in [0.05, 0.1) is 11.6 Å². The maximum Gasteiger partial charge on any atom is 0.145 e. The zero-order valence-electron chi connectivity index (χ0n) is 13.6. The van der Waals surface area contributed by atoms with Crippen molar-refractivity contribution in [1.82, 2.24) is 0 Å². The largest absolute Gasteiger partial charge is 0.507 e. The molecule has 0 spiro atoms. The number of anilines is 1. The highest BCUT2D eigenvalue weighted by atomic mass is 35.5. The highest BCUT2D eigenvalue weighted by Gasteiger charge is 2.44. The van der Waals surface area contributed by atoms with Crippen LogP contribution in [0.1, 0.15) is 37.3 Å². The highest BCUT2D eigenvalue weighted by Crippen LogP contribution is 2.46. The number of β-amino-alcohol motifs (C(OH)–C–C–N with tert-alkyl or cyclic N) is 1. The highest BCUT2D eigenvalue weighted by molar-refractivity contribution is 6.30. The quantitative estimate of drug-likeness (QED) is 0.785. The van der Waals surface area contributed by atoms with Crippen LogP contribution in [0.5, 0.6) is 5.75 Å². The molecule has 1 unspecified atom stereocenters. The second kappa shape index (κ2) is 6.61. The summed E-state index contributed by atoms with van der Waals surface area (Å²) < 4.78 is 13.6. The van der Waals surface area contributed by atoms with E-state index in [-0.39, 0.29) is 16.3 Å². The number of hydrogen-bond donors (Lipinski definition) is 2. The monoisotopic (exact) mass is 349 g/mol. The van der Waals surface area contributed by atoms with E-state index in [1.54, 1.807) is 0 Å². The standard InChI is InChI=1S/C19H21ClFNO2/c1-2-3-6-9-22-12-19(24,13-7-4-5-8-17(13)22)14-10-15(20)16(21)11-18(14)23/h4-5,7-8,10-11,23-24H,2-3,6,9,12H2,1H3. The Hall–Kier alpha value is -1.78. The Bertz CT molecular complexity index is 752. The molecule has 0 bridgehead atoms. The Kier molecular flexibility index (Phi) is 4.70. The molecule has 1 aliphatic heterocycles. The summed E-state index contributed by atoms with van der Waals surface area (Å²) in [5.74, 6) is -0.989. The van der Waals surface area contributed by atoms with E-state index in [2.05, 4.69) is 11.8 Å². The Morgan fingerprint density at radius 3 is 2.71 bits per heavy atom. The van der Waals surface area contributed by atoms with Gasteiger partial charge in [0, 0.05) is 29.4 Å². The molecule has 24 heavy (non-hydrogen) atoms. The summed E-state index contributed by atoms with van der Waals surface area (Å²) in [6, 6.07) is 9.85. The number of phenols is 1. The molecule has 2 N–H and O–H groups in total. The molecule has 0 radical (unpaired) electrons. The smallest absolute Gasteiger partial charge is 0.145 e. The fourth-order valence-corrected chi connectivity index (χ4v) is 3.56. The van der Waals surface area contributed by atoms with Crippen LogP contribution in [0.2, 0.25) is 5.02 Å². The number of fused-ring (bicyclic) bond motifs is 1. The molecular formula is C19H21ClFNO2. The van der Waals surface area contributed by atoms with E-state index in [1.165, 1.54) is 6.07 Å². The van der Waals surface area contributed by atoms with Gasteiger partial charge in [0.1, 0.15) is 17.2 Å². The van der Waals surface area contributed by atoms with Crippen LogP contribution in [0.15, 0.2) is 36.4 Å². The predicted molar refractivity (Wildman–Crippen MR) is 94.3 cm³/mol. The fraction of sp³-hybridized carbons (Fsp3) is 0.368. The normalized spacial score (nSPS) is 19.6. The summed E-state index contributed by atoms with van der Waals surface area (Å²) in [5, 5.41) is 21.4. The van der Waals surface area contributed by atoms with Crippen molar-refractivity contribution >= 4 is 17.3 Å². The van der Waals surface area contributed by atoms with Crippen molar-refractivity contribution in [3.8, 4) is 5.75 Å². The first-order valence-electron chi connectivity index (χ1n) is 8.22. The molecule has 2 aromatic carbocycles. The van der Waals surface area contributed by atoms with Gasteiger partial charge in [0.15, 0.2) is 0 Å². The van der Waals surface area contributed by atoms with Crippen LogP contribution in [0.3, 0.4) is 0 Å². The van der Waals surface area contributed by atoms with Crippen LogP contribution in [-0.2, 0) is 5.60 Å². The van der Waals surface area contributed by atoms with Gasteiger partial charge in [-0.3, -0.25) is 0 Å². The van der Waals surface area contributed by atoms with Crippen molar-refractivity contribution in [3.63, 3.8) is 0 Å². The molecule has 0 aliphatic carbocycles. The number of rotatable bonds is 5. The molecule has 3 rings (SSSR count). The Balaban J connectivity index is 2.03. The molecule has 1 atom stereocenters. The van der Waals surface area contributed by atoms with E-state index in [4.69, 9.17) is 11.6 Å². The summed E-state index contributed by atoms with van der Waals surface area (Å²) in [5.41, 5.74) is 0.472. The van der Waals surface area contributed by atoms with Crippen molar-refractivity contribution in [2.45, 2.75) is 31.8 Å². The summed E-state index contributed by atoms with van der Waals surface area (Å²) in [7, 11) is 0. The fourth-order valence-electron chi connectivity index (χ4n) is 3.40. The van der Waals surface area contributed by atoms with Crippen LogP contribution in [-0.4, -0.2) is 23.3 Å². The number of aliphatic hydroxyl groups is 1. The third-order valence-electron chi connectivity index (χ3n) is 4.63. The summed E-state index contributed by atoms with van der Waals surface area (Å²) in [6.45, 7) is 3.28. The molecule has 128 valence electrons. The Labute approximate surface area is 146 Å². The van der Waals surface area contributed by atoms with Gasteiger partial charge in [-0.2, -0.15) is 0 Å². The average molecular weight is 350 g/mol. The SMILES string of the molecule is CCCCCN1CC(O)(c2cc(Cl)c(F)cc2O)c2ccccc21. The Morgan fingerprint density at radius 2 is 1.96 bits per heavy atom. The number of aromatic hydroxyl groups is 1. The summed E-state index contributed by atoms with van der Waals surface area (Å²) in [4.78, 5) is 2.11. The number of halogens is 2. The molecule has 5 heteroatoms. The summed E-state index contributed by atoms with van der Waals surface area (Å²) in [6.07, 6.45) is 3.26. The third kappa shape index (κ3) is 2.85. The van der Waals surface area contributed by atoms with Crippen LogP contribution in [0.4, 0.5) is 10.1 Å². The molecule has 1 aliphatic rings. The van der Waals surface area contributed by atoms with Crippen LogP contribution >= 0.6 is 11.6 Å². The van der Waals surface area contributed by atoms with Crippen LogP contribution in [0, 0.1) is 5.82 Å². The predicted octanol–water partition coefficient (Wildman–Crippen LogP) is 4.43. The maximum absolute atomic E-state index is 13.6. The first-order valence-corrected chi connectivity index (χ1v) is 8.60. The van der Waals surface area contributed by atoms with Gasteiger partial charge in [-0.25, -0.2) is 4.39 Å². The van der Waals surface area contributed by atoms with Crippen molar-refractivity contribution < 1.29 is 14.6 Å². The van der Waals surface area contributed by atoms with Crippen LogP contribution < -0.4 is 4.90 Å². The lowest BCUT2D eigenvalue weighted by molar-refractivity contribution is 0.0949. The van der Waals surface area contributed by atoms with E-state index in [1.807, 2.05) is 24.3 Å². The minimum Gasteiger partial charge on any atom is -0.507 e. The van der Waals surface area contributed by atoms with Gasteiger partial charge < -0.3 is 15.1 Å². The lowest BCUT2D eigenvalue weighted by Crippen LogP contribution is -2.35.